The van der Waals surface area contributed by atoms with Crippen molar-refractivity contribution in [2.45, 2.75) is 43.7 Å². The second-order valence-corrected chi connectivity index (χ2v) is 8.95. The van der Waals surface area contributed by atoms with Crippen LogP contribution in [-0.4, -0.2) is 39.6 Å². The molecule has 6 nitrogen and oxygen atoms in total. The van der Waals surface area contributed by atoms with Crippen molar-refractivity contribution in [1.29, 1.82) is 0 Å². The van der Waals surface area contributed by atoms with E-state index in [1.54, 1.807) is 18.2 Å². The summed E-state index contributed by atoms with van der Waals surface area (Å²) in [6, 6.07) is 11.7. The number of sulfonamides is 1. The Kier molecular flexibility index (Phi) is 6.14. The Hall–Kier alpha value is -1.96. The third-order valence-electron chi connectivity index (χ3n) is 4.79. The Bertz CT molecular complexity index is 905. The SMILES string of the molecule is CC(C)[C@H](NS(=O)(=O)c1ccc2ccccc2c1)C(=O)NC[C@@H]1CCCO1. The molecule has 0 unspecified atom stereocenters. The van der Waals surface area contributed by atoms with Crippen molar-refractivity contribution < 1.29 is 17.9 Å². The maximum Gasteiger partial charge on any atom is 0.241 e. The normalized spacial score (nSPS) is 18.7. The van der Waals surface area contributed by atoms with Gasteiger partial charge in [-0.25, -0.2) is 8.42 Å². The van der Waals surface area contributed by atoms with Crippen molar-refractivity contribution in [1.82, 2.24) is 10.0 Å². The van der Waals surface area contributed by atoms with Crippen molar-refractivity contribution in [2.24, 2.45) is 5.92 Å². The Morgan fingerprint density at radius 1 is 1.19 bits per heavy atom. The van der Waals surface area contributed by atoms with E-state index in [2.05, 4.69) is 10.0 Å². The van der Waals surface area contributed by atoms with Gasteiger partial charge in [0.05, 0.1) is 11.0 Å². The van der Waals surface area contributed by atoms with E-state index in [0.717, 1.165) is 23.6 Å². The van der Waals surface area contributed by atoms with E-state index in [9.17, 15) is 13.2 Å². The van der Waals surface area contributed by atoms with Crippen LogP contribution >= 0.6 is 0 Å². The van der Waals surface area contributed by atoms with Crippen LogP contribution in [0.4, 0.5) is 0 Å². The van der Waals surface area contributed by atoms with Crippen LogP contribution in [0.15, 0.2) is 47.4 Å². The van der Waals surface area contributed by atoms with Gasteiger partial charge < -0.3 is 10.1 Å². The molecule has 0 radical (unpaired) electrons. The summed E-state index contributed by atoms with van der Waals surface area (Å²) in [6.45, 7) is 4.75. The molecule has 0 aromatic heterocycles. The summed E-state index contributed by atoms with van der Waals surface area (Å²) in [6.07, 6.45) is 1.91. The fraction of sp³-hybridized carbons (Fsp3) is 0.450. The Balaban J connectivity index is 1.74. The molecule has 1 amide bonds. The molecule has 1 heterocycles. The number of rotatable bonds is 7. The zero-order valence-corrected chi connectivity index (χ0v) is 16.5. The summed E-state index contributed by atoms with van der Waals surface area (Å²) in [4.78, 5) is 12.7. The molecule has 7 heteroatoms. The standard InChI is InChI=1S/C20H26N2O4S/c1-14(2)19(20(23)21-13-17-8-5-11-26-17)22-27(24,25)18-10-9-15-6-3-4-7-16(15)12-18/h3-4,6-7,9-10,12,14,17,19,22H,5,8,11,13H2,1-2H3,(H,21,23)/t17-,19-/m0/s1. The molecule has 0 aliphatic carbocycles. The van der Waals surface area contributed by atoms with Crippen molar-refractivity contribution in [3.05, 3.63) is 42.5 Å². The van der Waals surface area contributed by atoms with Crippen molar-refractivity contribution in [3.8, 4) is 0 Å². The Labute approximate surface area is 160 Å². The quantitative estimate of drug-likeness (QED) is 0.760. The fourth-order valence-electron chi connectivity index (χ4n) is 3.19. The summed E-state index contributed by atoms with van der Waals surface area (Å²) in [5, 5.41) is 4.62. The largest absolute Gasteiger partial charge is 0.376 e. The predicted molar refractivity (Wildman–Crippen MR) is 105 cm³/mol. The van der Waals surface area contributed by atoms with Crippen LogP contribution in [0, 0.1) is 5.92 Å². The van der Waals surface area contributed by atoms with Gasteiger partial charge in [-0.3, -0.25) is 4.79 Å². The molecule has 2 aromatic carbocycles. The lowest BCUT2D eigenvalue weighted by atomic mass is 10.0. The number of carbonyl (C=O) groups is 1. The summed E-state index contributed by atoms with van der Waals surface area (Å²) in [5.41, 5.74) is 0. The van der Waals surface area contributed by atoms with Crippen molar-refractivity contribution >= 4 is 26.7 Å². The van der Waals surface area contributed by atoms with Gasteiger partial charge in [0.1, 0.15) is 6.04 Å². The van der Waals surface area contributed by atoms with Crippen molar-refractivity contribution in [3.63, 3.8) is 0 Å². The molecule has 3 rings (SSSR count). The molecule has 2 aromatic rings. The number of hydrogen-bond donors (Lipinski definition) is 2. The number of ether oxygens (including phenoxy) is 1. The Morgan fingerprint density at radius 3 is 2.59 bits per heavy atom. The van der Waals surface area contributed by atoms with Crippen LogP contribution in [0.1, 0.15) is 26.7 Å². The number of nitrogens with one attached hydrogen (secondary N) is 2. The lowest BCUT2D eigenvalue weighted by Gasteiger charge is -2.22. The maximum atomic E-state index is 12.8. The minimum absolute atomic E-state index is 0.0128. The molecule has 27 heavy (non-hydrogen) atoms. The first-order valence-electron chi connectivity index (χ1n) is 9.27. The number of hydrogen-bond acceptors (Lipinski definition) is 4. The van der Waals surface area contributed by atoms with Crippen LogP contribution in [-0.2, 0) is 19.6 Å². The summed E-state index contributed by atoms with van der Waals surface area (Å²) in [5.74, 6) is -0.519. The first-order chi connectivity index (χ1) is 12.9. The topological polar surface area (TPSA) is 84.5 Å². The molecule has 2 N–H and O–H groups in total. The molecule has 1 aliphatic heterocycles. The number of carbonyl (C=O) groups excluding carboxylic acids is 1. The van der Waals surface area contributed by atoms with Gasteiger partial charge in [-0.05, 0) is 41.7 Å². The highest BCUT2D eigenvalue weighted by Gasteiger charge is 2.29. The summed E-state index contributed by atoms with van der Waals surface area (Å²) < 4.78 is 33.7. The van der Waals surface area contributed by atoms with Crippen LogP contribution < -0.4 is 10.0 Å². The molecule has 1 fully saturated rings. The molecular weight excluding hydrogens is 364 g/mol. The molecule has 2 atom stereocenters. The van der Waals surface area contributed by atoms with E-state index in [1.807, 2.05) is 38.1 Å². The summed E-state index contributed by atoms with van der Waals surface area (Å²) >= 11 is 0. The highest BCUT2D eigenvalue weighted by Crippen LogP contribution is 2.20. The lowest BCUT2D eigenvalue weighted by Crippen LogP contribution is -2.50. The van der Waals surface area contributed by atoms with E-state index < -0.39 is 16.1 Å². The number of fused-ring (bicyclic) bond motifs is 1. The highest BCUT2D eigenvalue weighted by molar-refractivity contribution is 7.89. The van der Waals surface area contributed by atoms with E-state index in [4.69, 9.17) is 4.74 Å². The van der Waals surface area contributed by atoms with Gasteiger partial charge in [0.25, 0.3) is 0 Å². The van der Waals surface area contributed by atoms with E-state index in [0.29, 0.717) is 13.2 Å². The van der Waals surface area contributed by atoms with Crippen LogP contribution in [0.3, 0.4) is 0 Å². The van der Waals surface area contributed by atoms with Gasteiger partial charge in [0.2, 0.25) is 15.9 Å². The second kappa shape index (κ2) is 8.37. The first-order valence-corrected chi connectivity index (χ1v) is 10.8. The minimum Gasteiger partial charge on any atom is -0.376 e. The van der Waals surface area contributed by atoms with E-state index in [1.165, 1.54) is 0 Å². The van der Waals surface area contributed by atoms with Gasteiger partial charge in [-0.1, -0.05) is 44.2 Å². The van der Waals surface area contributed by atoms with Gasteiger partial charge in [-0.2, -0.15) is 4.72 Å². The monoisotopic (exact) mass is 390 g/mol. The predicted octanol–water partition coefficient (Wildman–Crippen LogP) is 2.44. The summed E-state index contributed by atoms with van der Waals surface area (Å²) in [7, 11) is -3.82. The van der Waals surface area contributed by atoms with Gasteiger partial charge in [0.15, 0.2) is 0 Å². The third-order valence-corrected chi connectivity index (χ3v) is 6.23. The maximum absolute atomic E-state index is 12.8. The highest BCUT2D eigenvalue weighted by atomic mass is 32.2. The van der Waals surface area contributed by atoms with Gasteiger partial charge in [-0.15, -0.1) is 0 Å². The minimum atomic E-state index is -3.82. The molecule has 0 spiro atoms. The molecular formula is C20H26N2O4S. The van der Waals surface area contributed by atoms with E-state index >= 15 is 0 Å². The number of benzene rings is 2. The smallest absolute Gasteiger partial charge is 0.241 e. The molecule has 1 saturated heterocycles. The lowest BCUT2D eigenvalue weighted by molar-refractivity contribution is -0.124. The molecule has 1 aliphatic rings. The van der Waals surface area contributed by atoms with Crippen LogP contribution in [0.2, 0.25) is 0 Å². The third kappa shape index (κ3) is 4.86. The van der Waals surface area contributed by atoms with Crippen LogP contribution in [0.5, 0.6) is 0 Å². The average molecular weight is 391 g/mol. The van der Waals surface area contributed by atoms with Crippen molar-refractivity contribution in [2.75, 3.05) is 13.2 Å². The van der Waals surface area contributed by atoms with E-state index in [-0.39, 0.29) is 22.8 Å². The molecule has 146 valence electrons. The van der Waals surface area contributed by atoms with Gasteiger partial charge in [0, 0.05) is 13.2 Å². The zero-order valence-electron chi connectivity index (χ0n) is 15.6. The average Bonchev–Trinajstić information content (AvgIpc) is 3.17. The zero-order chi connectivity index (χ0) is 19.4. The van der Waals surface area contributed by atoms with Gasteiger partial charge >= 0.3 is 0 Å². The molecule has 0 saturated carbocycles. The van der Waals surface area contributed by atoms with Crippen LogP contribution in [0.25, 0.3) is 10.8 Å². The Morgan fingerprint density at radius 2 is 1.93 bits per heavy atom. The molecule has 0 bridgehead atoms. The number of amides is 1. The first kappa shape index (κ1) is 19.8. The second-order valence-electron chi connectivity index (χ2n) is 7.23. The fourth-order valence-corrected chi connectivity index (χ4v) is 4.57.